The SMILES string of the molecule is C[C@@H]1[C@H]([C@@H](C)[C@H](C)O[Si](C)(C)C(C)(C)C)OC(C)(C)O[C@@H]1[C@H](C)[C@@H](O)[C@H](C)[C@H](O)[C@H]1COC(C)(C)O1. The molecule has 2 saturated heterocycles. The molecule has 2 fully saturated rings. The van der Waals surface area contributed by atoms with Gasteiger partial charge in [-0.05, 0) is 52.8 Å². The molecule has 7 nitrogen and oxygen atoms in total. The lowest BCUT2D eigenvalue weighted by molar-refractivity contribution is -0.341. The normalized spacial score (nSPS) is 34.0. The first-order chi connectivity index (χ1) is 16.1. The molecule has 0 unspecified atom stereocenters. The predicted molar refractivity (Wildman–Crippen MR) is 145 cm³/mol. The maximum absolute atomic E-state index is 11.4. The maximum Gasteiger partial charge on any atom is 0.192 e. The largest absolute Gasteiger partial charge is 0.414 e. The van der Waals surface area contributed by atoms with Gasteiger partial charge in [-0.15, -0.1) is 0 Å². The van der Waals surface area contributed by atoms with Gasteiger partial charge >= 0.3 is 0 Å². The molecular weight excluding hydrogens is 476 g/mol. The first-order valence-electron chi connectivity index (χ1n) is 13.8. The van der Waals surface area contributed by atoms with Crippen LogP contribution in [0.3, 0.4) is 0 Å². The fraction of sp³-hybridized carbons (Fsp3) is 1.00. The molecule has 2 aliphatic heterocycles. The Labute approximate surface area is 221 Å². The van der Waals surface area contributed by atoms with Gasteiger partial charge in [-0.3, -0.25) is 0 Å². The molecule has 2 rings (SSSR count). The lowest BCUT2D eigenvalue weighted by atomic mass is 9.76. The molecule has 0 aromatic rings. The van der Waals surface area contributed by atoms with Crippen LogP contribution in [0.15, 0.2) is 0 Å². The summed E-state index contributed by atoms with van der Waals surface area (Å²) >= 11 is 0. The van der Waals surface area contributed by atoms with E-state index in [4.69, 9.17) is 23.4 Å². The molecule has 10 atom stereocenters. The van der Waals surface area contributed by atoms with Gasteiger partial charge in [0.1, 0.15) is 6.10 Å². The Morgan fingerprint density at radius 3 is 1.81 bits per heavy atom. The van der Waals surface area contributed by atoms with Crippen molar-refractivity contribution in [3.8, 4) is 0 Å². The average molecular weight is 533 g/mol. The van der Waals surface area contributed by atoms with E-state index >= 15 is 0 Å². The summed E-state index contributed by atoms with van der Waals surface area (Å²) in [6.07, 6.45) is -2.42. The number of ether oxygens (including phenoxy) is 4. The Kier molecular flexibility index (Phi) is 10.0. The molecule has 0 aromatic carbocycles. The zero-order valence-electron chi connectivity index (χ0n) is 25.4. The summed E-state index contributed by atoms with van der Waals surface area (Å²) < 4.78 is 31.1. The van der Waals surface area contributed by atoms with Gasteiger partial charge in [-0.1, -0.05) is 48.5 Å². The molecule has 214 valence electrons. The summed E-state index contributed by atoms with van der Waals surface area (Å²) in [7, 11) is -1.94. The Bertz CT molecular complexity index is 719. The molecule has 8 heteroatoms. The second-order valence-electron chi connectivity index (χ2n) is 13.9. The number of aliphatic hydroxyl groups excluding tert-OH is 2. The van der Waals surface area contributed by atoms with E-state index in [0.717, 1.165) is 0 Å². The number of aliphatic hydroxyl groups is 2. The fourth-order valence-electron chi connectivity index (χ4n) is 5.37. The van der Waals surface area contributed by atoms with E-state index in [1.165, 1.54) is 0 Å². The van der Waals surface area contributed by atoms with E-state index < -0.39 is 44.1 Å². The van der Waals surface area contributed by atoms with Gasteiger partial charge < -0.3 is 33.6 Å². The third-order valence-electron chi connectivity index (χ3n) is 8.97. The number of rotatable bonds is 9. The van der Waals surface area contributed by atoms with Crippen LogP contribution < -0.4 is 0 Å². The molecule has 36 heavy (non-hydrogen) atoms. The van der Waals surface area contributed by atoms with E-state index in [9.17, 15) is 10.2 Å². The van der Waals surface area contributed by atoms with Crippen LogP contribution in [0.25, 0.3) is 0 Å². The van der Waals surface area contributed by atoms with Crippen molar-refractivity contribution in [3.63, 3.8) is 0 Å². The highest BCUT2D eigenvalue weighted by molar-refractivity contribution is 6.74. The van der Waals surface area contributed by atoms with E-state index in [-0.39, 0.29) is 41.1 Å². The smallest absolute Gasteiger partial charge is 0.192 e. The zero-order chi connectivity index (χ0) is 28.0. The highest BCUT2D eigenvalue weighted by Gasteiger charge is 2.50. The van der Waals surface area contributed by atoms with Crippen LogP contribution in [0.1, 0.15) is 83.1 Å². The van der Waals surface area contributed by atoms with Gasteiger partial charge in [-0.25, -0.2) is 0 Å². The standard InChI is InChI=1S/C28H56O7Si/c1-16(20(5)35-36(13,14)26(6,7)8)24-19(4)25(34-28(11,12)33-24)18(3)22(29)17(2)23(30)21-15-31-27(9,10)32-21/h16-25,29-30H,15H2,1-14H3/t16-,17-,18+,19+,20-,21+,22-,23-,24-,25+/m0/s1. The summed E-state index contributed by atoms with van der Waals surface area (Å²) in [5, 5.41) is 22.5. The van der Waals surface area contributed by atoms with E-state index in [0.29, 0.717) is 6.61 Å². The molecule has 2 heterocycles. The van der Waals surface area contributed by atoms with Crippen LogP contribution in [-0.4, -0.2) is 73.3 Å². The molecule has 0 aromatic heterocycles. The second kappa shape index (κ2) is 11.2. The predicted octanol–water partition coefficient (Wildman–Crippen LogP) is 5.33. The zero-order valence-corrected chi connectivity index (χ0v) is 26.4. The summed E-state index contributed by atoms with van der Waals surface area (Å²) in [5.74, 6) is -2.00. The van der Waals surface area contributed by atoms with E-state index in [2.05, 4.69) is 54.6 Å². The Hall–Kier alpha value is -0.0631. The molecule has 0 spiro atoms. The summed E-state index contributed by atoms with van der Waals surface area (Å²) in [6, 6.07) is 0. The quantitative estimate of drug-likeness (QED) is 0.388. The van der Waals surface area contributed by atoms with Gasteiger partial charge in [0.2, 0.25) is 0 Å². The monoisotopic (exact) mass is 532 g/mol. The van der Waals surface area contributed by atoms with E-state index in [1.54, 1.807) is 0 Å². The van der Waals surface area contributed by atoms with Crippen molar-refractivity contribution < 1.29 is 33.6 Å². The van der Waals surface area contributed by atoms with Crippen molar-refractivity contribution in [2.45, 2.75) is 149 Å². The van der Waals surface area contributed by atoms with E-state index in [1.807, 2.05) is 41.5 Å². The highest BCUT2D eigenvalue weighted by Crippen LogP contribution is 2.43. The Morgan fingerprint density at radius 1 is 0.861 bits per heavy atom. The van der Waals surface area contributed by atoms with Gasteiger partial charge in [0.15, 0.2) is 19.9 Å². The minimum atomic E-state index is -1.94. The van der Waals surface area contributed by atoms with Crippen molar-refractivity contribution in [1.82, 2.24) is 0 Å². The van der Waals surface area contributed by atoms with Crippen molar-refractivity contribution >= 4 is 8.32 Å². The Morgan fingerprint density at radius 2 is 1.36 bits per heavy atom. The lowest BCUT2D eigenvalue weighted by Crippen LogP contribution is -2.58. The van der Waals surface area contributed by atoms with Crippen LogP contribution >= 0.6 is 0 Å². The number of hydrogen-bond donors (Lipinski definition) is 2. The van der Waals surface area contributed by atoms with Crippen molar-refractivity contribution in [2.75, 3.05) is 6.61 Å². The first kappa shape index (κ1) is 32.2. The molecule has 0 bridgehead atoms. The minimum absolute atomic E-state index is 0.0248. The van der Waals surface area contributed by atoms with Crippen molar-refractivity contribution in [2.24, 2.45) is 23.7 Å². The summed E-state index contributed by atoms with van der Waals surface area (Å²) in [5.41, 5.74) is 0. The number of hydrogen-bond acceptors (Lipinski definition) is 7. The third kappa shape index (κ3) is 7.32. The Balaban J connectivity index is 2.16. The topological polar surface area (TPSA) is 86.6 Å². The van der Waals surface area contributed by atoms with Crippen LogP contribution in [0.2, 0.25) is 18.1 Å². The van der Waals surface area contributed by atoms with Gasteiger partial charge in [0, 0.05) is 29.8 Å². The minimum Gasteiger partial charge on any atom is -0.414 e. The highest BCUT2D eigenvalue weighted by atomic mass is 28.4. The van der Waals surface area contributed by atoms with Gasteiger partial charge in [0.25, 0.3) is 0 Å². The first-order valence-corrected chi connectivity index (χ1v) is 16.7. The molecule has 0 aliphatic carbocycles. The van der Waals surface area contributed by atoms with Crippen LogP contribution in [0.5, 0.6) is 0 Å². The molecule has 0 amide bonds. The molecule has 0 saturated carbocycles. The molecular formula is C28H56O7Si. The average Bonchev–Trinajstić information content (AvgIpc) is 3.10. The third-order valence-corrected chi connectivity index (χ3v) is 13.5. The summed E-state index contributed by atoms with van der Waals surface area (Å²) in [6.45, 7) is 29.5. The lowest BCUT2D eigenvalue weighted by Gasteiger charge is -2.51. The second-order valence-corrected chi connectivity index (χ2v) is 18.7. The molecule has 0 radical (unpaired) electrons. The summed E-state index contributed by atoms with van der Waals surface area (Å²) in [4.78, 5) is 0. The fourth-order valence-corrected chi connectivity index (χ4v) is 6.87. The molecule has 2 N–H and O–H groups in total. The van der Waals surface area contributed by atoms with Crippen LogP contribution in [-0.2, 0) is 23.4 Å². The maximum atomic E-state index is 11.4. The van der Waals surface area contributed by atoms with Gasteiger partial charge in [-0.2, -0.15) is 0 Å². The molecule has 2 aliphatic rings. The van der Waals surface area contributed by atoms with Crippen molar-refractivity contribution in [3.05, 3.63) is 0 Å². The van der Waals surface area contributed by atoms with Crippen LogP contribution in [0.4, 0.5) is 0 Å². The van der Waals surface area contributed by atoms with Gasteiger partial charge in [0.05, 0.1) is 31.0 Å². The van der Waals surface area contributed by atoms with Crippen LogP contribution in [0, 0.1) is 23.7 Å². The van der Waals surface area contributed by atoms with Crippen molar-refractivity contribution in [1.29, 1.82) is 0 Å².